The molecule has 1 heterocycles. The number of aromatic amines is 1. The van der Waals surface area contributed by atoms with Gasteiger partial charge in [-0.1, -0.05) is 12.1 Å². The minimum atomic E-state index is -0.285. The zero-order chi connectivity index (χ0) is 13.1. The molecule has 1 atom stereocenters. The highest BCUT2D eigenvalue weighted by molar-refractivity contribution is 5.80. The lowest BCUT2D eigenvalue weighted by Gasteiger charge is -2.11. The van der Waals surface area contributed by atoms with Crippen LogP contribution in [0, 0.1) is 0 Å². The van der Waals surface area contributed by atoms with E-state index in [1.165, 1.54) is 4.57 Å². The average molecular weight is 248 g/mol. The summed E-state index contributed by atoms with van der Waals surface area (Å²) in [6, 6.07) is 7.16. The minimum Gasteiger partial charge on any atom is -0.351 e. The molecule has 0 aliphatic heterocycles. The standard InChI is InChI=1S/C12H16N4O2/c1-8(6-13)14-11(17)7-16-10-5-3-2-4-9(10)15-12(16)18/h2-5,8H,6-7,13H2,1H3,(H,14,17)(H,15,18)/t8-/m0/s1. The topological polar surface area (TPSA) is 92.9 Å². The molecule has 18 heavy (non-hydrogen) atoms. The predicted molar refractivity (Wildman–Crippen MR) is 69.2 cm³/mol. The molecule has 0 spiro atoms. The summed E-state index contributed by atoms with van der Waals surface area (Å²) in [7, 11) is 0. The molecule has 2 rings (SSSR count). The third kappa shape index (κ3) is 2.43. The number of nitrogens with one attached hydrogen (secondary N) is 2. The first-order valence-corrected chi connectivity index (χ1v) is 5.79. The Hall–Kier alpha value is -2.08. The fourth-order valence-electron chi connectivity index (χ4n) is 1.79. The molecule has 2 aromatic rings. The van der Waals surface area contributed by atoms with Gasteiger partial charge in [0.15, 0.2) is 0 Å². The second-order valence-electron chi connectivity index (χ2n) is 4.24. The summed E-state index contributed by atoms with van der Waals surface area (Å²) in [5.41, 5.74) is 6.58. The molecule has 0 aliphatic carbocycles. The molecular weight excluding hydrogens is 232 g/mol. The van der Waals surface area contributed by atoms with E-state index in [1.807, 2.05) is 19.1 Å². The van der Waals surface area contributed by atoms with Crippen LogP contribution in [0.5, 0.6) is 0 Å². The zero-order valence-corrected chi connectivity index (χ0v) is 10.1. The molecule has 1 aromatic carbocycles. The Morgan fingerprint density at radius 3 is 2.94 bits per heavy atom. The highest BCUT2D eigenvalue weighted by Crippen LogP contribution is 2.08. The van der Waals surface area contributed by atoms with Gasteiger partial charge >= 0.3 is 5.69 Å². The Morgan fingerprint density at radius 1 is 1.50 bits per heavy atom. The zero-order valence-electron chi connectivity index (χ0n) is 10.1. The summed E-state index contributed by atoms with van der Waals surface area (Å²) >= 11 is 0. The molecule has 0 saturated heterocycles. The van der Waals surface area contributed by atoms with Crippen molar-refractivity contribution in [1.82, 2.24) is 14.9 Å². The second kappa shape index (κ2) is 5.05. The van der Waals surface area contributed by atoms with Crippen molar-refractivity contribution in [2.75, 3.05) is 6.54 Å². The molecule has 0 saturated carbocycles. The molecule has 96 valence electrons. The van der Waals surface area contributed by atoms with Gasteiger partial charge in [-0.3, -0.25) is 9.36 Å². The van der Waals surface area contributed by atoms with Gasteiger partial charge in [0.2, 0.25) is 5.91 Å². The Bertz CT molecular complexity index is 614. The molecule has 0 aliphatic rings. The smallest absolute Gasteiger partial charge is 0.326 e. The van der Waals surface area contributed by atoms with Crippen molar-refractivity contribution in [3.05, 3.63) is 34.7 Å². The number of rotatable bonds is 4. The average Bonchev–Trinajstić information content (AvgIpc) is 2.66. The first-order chi connectivity index (χ1) is 8.61. The lowest BCUT2D eigenvalue weighted by atomic mass is 10.3. The number of nitrogens with two attached hydrogens (primary N) is 1. The van der Waals surface area contributed by atoms with E-state index in [0.717, 1.165) is 11.0 Å². The van der Waals surface area contributed by atoms with Crippen LogP contribution in [0.3, 0.4) is 0 Å². The molecular formula is C12H16N4O2. The van der Waals surface area contributed by atoms with Gasteiger partial charge in [0.05, 0.1) is 11.0 Å². The van der Waals surface area contributed by atoms with Gasteiger partial charge in [0.25, 0.3) is 0 Å². The maximum absolute atomic E-state index is 11.7. The Kier molecular flexibility index (Phi) is 3.47. The molecule has 0 fully saturated rings. The van der Waals surface area contributed by atoms with Crippen LogP contribution in [0.4, 0.5) is 0 Å². The molecule has 4 N–H and O–H groups in total. The Morgan fingerprint density at radius 2 is 2.22 bits per heavy atom. The first kappa shape index (κ1) is 12.4. The van der Waals surface area contributed by atoms with Crippen molar-refractivity contribution in [2.45, 2.75) is 19.5 Å². The molecule has 1 aromatic heterocycles. The monoisotopic (exact) mass is 248 g/mol. The number of fused-ring (bicyclic) bond motifs is 1. The number of hydrogen-bond acceptors (Lipinski definition) is 3. The van der Waals surface area contributed by atoms with Crippen molar-refractivity contribution in [1.29, 1.82) is 0 Å². The fourth-order valence-corrected chi connectivity index (χ4v) is 1.79. The summed E-state index contributed by atoms with van der Waals surface area (Å²) in [6.45, 7) is 2.18. The number of carbonyl (C=O) groups is 1. The quantitative estimate of drug-likeness (QED) is 0.699. The molecule has 1 amide bonds. The number of para-hydroxylation sites is 2. The maximum Gasteiger partial charge on any atom is 0.326 e. The third-order valence-electron chi connectivity index (χ3n) is 2.74. The van der Waals surface area contributed by atoms with E-state index in [2.05, 4.69) is 10.3 Å². The maximum atomic E-state index is 11.7. The van der Waals surface area contributed by atoms with Gasteiger partial charge in [-0.25, -0.2) is 4.79 Å². The number of nitrogens with zero attached hydrogens (tertiary/aromatic N) is 1. The number of H-pyrrole nitrogens is 1. The highest BCUT2D eigenvalue weighted by atomic mass is 16.2. The van der Waals surface area contributed by atoms with Gasteiger partial charge in [0.1, 0.15) is 6.54 Å². The van der Waals surface area contributed by atoms with Crippen molar-refractivity contribution in [3.8, 4) is 0 Å². The van der Waals surface area contributed by atoms with E-state index in [1.54, 1.807) is 12.1 Å². The largest absolute Gasteiger partial charge is 0.351 e. The molecule has 0 bridgehead atoms. The normalized spacial score (nSPS) is 12.6. The van der Waals surface area contributed by atoms with E-state index in [4.69, 9.17) is 5.73 Å². The predicted octanol–water partition coefficient (Wildman–Crippen LogP) is -0.207. The van der Waals surface area contributed by atoms with E-state index >= 15 is 0 Å². The Balaban J connectivity index is 2.24. The lowest BCUT2D eigenvalue weighted by Crippen LogP contribution is -2.40. The van der Waals surface area contributed by atoms with Crippen LogP contribution in [-0.2, 0) is 11.3 Å². The minimum absolute atomic E-state index is 0.00676. The van der Waals surface area contributed by atoms with Crippen LogP contribution in [0.15, 0.2) is 29.1 Å². The van der Waals surface area contributed by atoms with E-state index in [-0.39, 0.29) is 24.2 Å². The van der Waals surface area contributed by atoms with E-state index in [9.17, 15) is 9.59 Å². The number of hydrogen-bond donors (Lipinski definition) is 3. The van der Waals surface area contributed by atoms with Crippen LogP contribution in [0.1, 0.15) is 6.92 Å². The molecule has 0 radical (unpaired) electrons. The summed E-state index contributed by atoms with van der Waals surface area (Å²) < 4.78 is 1.41. The molecule has 6 heteroatoms. The van der Waals surface area contributed by atoms with Gasteiger partial charge in [-0.2, -0.15) is 0 Å². The van der Waals surface area contributed by atoms with Crippen molar-refractivity contribution < 1.29 is 4.79 Å². The van der Waals surface area contributed by atoms with E-state index in [0.29, 0.717) is 6.54 Å². The second-order valence-corrected chi connectivity index (χ2v) is 4.24. The van der Waals surface area contributed by atoms with Gasteiger partial charge in [-0.15, -0.1) is 0 Å². The number of imidazole rings is 1. The van der Waals surface area contributed by atoms with Crippen molar-refractivity contribution in [2.24, 2.45) is 5.73 Å². The van der Waals surface area contributed by atoms with Gasteiger partial charge in [0, 0.05) is 12.6 Å². The van der Waals surface area contributed by atoms with E-state index < -0.39 is 0 Å². The fraction of sp³-hybridized carbons (Fsp3) is 0.333. The lowest BCUT2D eigenvalue weighted by molar-refractivity contribution is -0.122. The first-order valence-electron chi connectivity index (χ1n) is 5.79. The third-order valence-corrected chi connectivity index (χ3v) is 2.74. The molecule has 0 unspecified atom stereocenters. The SMILES string of the molecule is C[C@@H](CN)NC(=O)Cn1c(=O)[nH]c2ccccc21. The van der Waals surface area contributed by atoms with Crippen molar-refractivity contribution in [3.63, 3.8) is 0 Å². The molecule has 6 nitrogen and oxygen atoms in total. The van der Waals surface area contributed by atoms with Crippen molar-refractivity contribution >= 4 is 16.9 Å². The van der Waals surface area contributed by atoms with Crippen LogP contribution < -0.4 is 16.7 Å². The van der Waals surface area contributed by atoms with Crippen LogP contribution in [-0.4, -0.2) is 28.0 Å². The summed E-state index contributed by atoms with van der Waals surface area (Å²) in [5, 5.41) is 2.72. The summed E-state index contributed by atoms with van der Waals surface area (Å²) in [6.07, 6.45) is 0. The van der Waals surface area contributed by atoms with Crippen LogP contribution in [0.25, 0.3) is 11.0 Å². The van der Waals surface area contributed by atoms with Crippen LogP contribution in [0.2, 0.25) is 0 Å². The van der Waals surface area contributed by atoms with Gasteiger partial charge in [-0.05, 0) is 19.1 Å². The highest BCUT2D eigenvalue weighted by Gasteiger charge is 2.11. The van der Waals surface area contributed by atoms with Gasteiger partial charge < -0.3 is 16.0 Å². The number of benzene rings is 1. The number of amides is 1. The summed E-state index contributed by atoms with van der Waals surface area (Å²) in [4.78, 5) is 26.2. The number of aromatic nitrogens is 2. The summed E-state index contributed by atoms with van der Waals surface area (Å²) in [5.74, 6) is -0.222. The number of carbonyl (C=O) groups excluding carboxylic acids is 1. The Labute approximate surface area is 104 Å². The van der Waals surface area contributed by atoms with Crippen LogP contribution >= 0.6 is 0 Å².